The van der Waals surface area contributed by atoms with E-state index in [9.17, 15) is 28.8 Å². The molecule has 0 saturated carbocycles. The molecule has 0 atom stereocenters. The first kappa shape index (κ1) is 52.5. The van der Waals surface area contributed by atoms with Crippen LogP contribution in [0.4, 0.5) is 0 Å². The lowest BCUT2D eigenvalue weighted by Crippen LogP contribution is -2.08. The van der Waals surface area contributed by atoms with Crippen LogP contribution in [0.15, 0.2) is 200 Å². The minimum atomic E-state index is -0.407. The number of carbonyl (C=O) groups excluding carboxylic acids is 6. The third kappa shape index (κ3) is 11.9. The number of carbonyl (C=O) groups is 6. The Morgan fingerprint density at radius 3 is 0.538 bits per heavy atom. The molecule has 0 radical (unpaired) electrons. The van der Waals surface area contributed by atoms with E-state index in [0.717, 1.165) is 0 Å². The minimum absolute atomic E-state index is 0.182. The van der Waals surface area contributed by atoms with Gasteiger partial charge < -0.3 is 33.2 Å². The summed E-state index contributed by atoms with van der Waals surface area (Å²) in [4.78, 5) is 83.4. The zero-order valence-corrected chi connectivity index (χ0v) is 42.9. The second kappa shape index (κ2) is 23.4. The molecular formula is C65H48O13. The summed E-state index contributed by atoms with van der Waals surface area (Å²) in [6, 6.07) is 52.8. The number of methoxy groups -OCH3 is 5. The zero-order chi connectivity index (χ0) is 54.9. The van der Waals surface area contributed by atoms with E-state index in [1.165, 1.54) is 65.9 Å². The van der Waals surface area contributed by atoms with Crippen LogP contribution in [0.25, 0.3) is 0 Å². The summed E-state index contributed by atoms with van der Waals surface area (Å²) in [5.41, 5.74) is 3.27. The molecule has 0 N–H and O–H groups in total. The molecule has 0 heterocycles. The Balaban J connectivity index is 0.931. The molecular weight excluding hydrogens is 989 g/mol. The van der Waals surface area contributed by atoms with E-state index in [-0.39, 0.29) is 84.9 Å². The van der Waals surface area contributed by atoms with Gasteiger partial charge in [-0.15, -0.1) is 0 Å². The van der Waals surface area contributed by atoms with E-state index in [2.05, 4.69) is 0 Å². The van der Waals surface area contributed by atoms with Gasteiger partial charge >= 0.3 is 0 Å². The van der Waals surface area contributed by atoms with Crippen molar-refractivity contribution in [3.8, 4) is 51.7 Å². The quantitative estimate of drug-likeness (QED) is 0.0624. The topological polar surface area (TPSA) is 167 Å². The lowest BCUT2D eigenvalue weighted by Gasteiger charge is -2.12. The van der Waals surface area contributed by atoms with E-state index in [1.807, 2.05) is 0 Å². The van der Waals surface area contributed by atoms with Crippen LogP contribution in [-0.2, 0) is 0 Å². The monoisotopic (exact) mass is 1040 g/mol. The molecule has 13 heteroatoms. The van der Waals surface area contributed by atoms with Crippen molar-refractivity contribution in [3.05, 3.63) is 267 Å². The van der Waals surface area contributed by atoms with E-state index < -0.39 is 11.6 Å². The van der Waals surface area contributed by atoms with E-state index in [1.54, 1.807) is 170 Å². The number of ketones is 6. The van der Waals surface area contributed by atoms with Crippen molar-refractivity contribution in [2.75, 3.05) is 35.5 Å². The number of ether oxygens (including phenoxy) is 7. The molecule has 0 aliphatic heterocycles. The van der Waals surface area contributed by atoms with Crippen molar-refractivity contribution in [1.82, 2.24) is 0 Å². The van der Waals surface area contributed by atoms with E-state index >= 15 is 0 Å². The van der Waals surface area contributed by atoms with Gasteiger partial charge in [0.1, 0.15) is 51.7 Å². The smallest absolute Gasteiger partial charge is 0.193 e. The van der Waals surface area contributed by atoms with Gasteiger partial charge in [-0.05, 0) is 200 Å². The molecule has 386 valence electrons. The standard InChI is InChI=1S/C65H48O13/c1-72-51-18-6-39(7-19-51)62(68)47-31-48(63(69)40-8-20-52(73-2)21-9-40)36-58(35-47)77-55-26-14-43(15-27-55)60(66)45-30-46(34-57(33-45)76-5)61(67)44-16-28-56(29-17-44)78-59-37-49(64(70)41-10-22-53(74-3)23-11-41)32-50(38-59)65(71)42-12-24-54(75-4)25-13-42/h6-38H,1-5H3. The summed E-state index contributed by atoms with van der Waals surface area (Å²) in [6.07, 6.45) is 0. The molecule has 0 amide bonds. The minimum Gasteiger partial charge on any atom is -0.497 e. The first-order chi connectivity index (χ1) is 37.8. The highest BCUT2D eigenvalue weighted by atomic mass is 16.5. The lowest BCUT2D eigenvalue weighted by molar-refractivity contribution is 0.102. The Kier molecular flexibility index (Phi) is 15.8. The van der Waals surface area contributed by atoms with Crippen LogP contribution in [0.1, 0.15) is 95.5 Å². The van der Waals surface area contributed by atoms with Gasteiger partial charge in [-0.3, -0.25) is 28.8 Å². The number of hydrogen-bond donors (Lipinski definition) is 0. The average molecular weight is 1040 g/mol. The van der Waals surface area contributed by atoms with Crippen LogP contribution in [0.2, 0.25) is 0 Å². The van der Waals surface area contributed by atoms with E-state index in [0.29, 0.717) is 56.8 Å². The Bertz CT molecular complexity index is 3320. The summed E-state index contributed by atoms with van der Waals surface area (Å²) in [6.45, 7) is 0. The fourth-order valence-electron chi connectivity index (χ4n) is 8.41. The Morgan fingerprint density at radius 1 is 0.192 bits per heavy atom. The molecule has 0 bridgehead atoms. The predicted octanol–water partition coefficient (Wildman–Crippen LogP) is 12.7. The molecule has 9 aromatic rings. The first-order valence-corrected chi connectivity index (χ1v) is 24.2. The fourth-order valence-corrected chi connectivity index (χ4v) is 8.41. The maximum Gasteiger partial charge on any atom is 0.193 e. The van der Waals surface area contributed by atoms with Crippen molar-refractivity contribution in [2.45, 2.75) is 0 Å². The largest absolute Gasteiger partial charge is 0.497 e. The summed E-state index contributed by atoms with van der Waals surface area (Å²) in [7, 11) is 7.55. The number of hydrogen-bond acceptors (Lipinski definition) is 13. The van der Waals surface area contributed by atoms with Gasteiger partial charge in [-0.2, -0.15) is 0 Å². The van der Waals surface area contributed by atoms with Crippen molar-refractivity contribution in [3.63, 3.8) is 0 Å². The van der Waals surface area contributed by atoms with Gasteiger partial charge in [0.05, 0.1) is 35.5 Å². The third-order valence-corrected chi connectivity index (χ3v) is 12.6. The summed E-state index contributed by atoms with van der Waals surface area (Å²) in [5.74, 6) is 1.45. The molecule has 0 fully saturated rings. The first-order valence-electron chi connectivity index (χ1n) is 24.2. The van der Waals surface area contributed by atoms with Gasteiger partial charge in [-0.25, -0.2) is 0 Å². The Labute approximate surface area is 449 Å². The van der Waals surface area contributed by atoms with Crippen LogP contribution in [0.5, 0.6) is 51.7 Å². The Morgan fingerprint density at radius 2 is 0.359 bits per heavy atom. The van der Waals surface area contributed by atoms with Crippen LogP contribution in [0, 0.1) is 0 Å². The highest BCUT2D eigenvalue weighted by Crippen LogP contribution is 2.32. The molecule has 0 spiro atoms. The summed E-state index contributed by atoms with van der Waals surface area (Å²) in [5, 5.41) is 0. The van der Waals surface area contributed by atoms with Crippen molar-refractivity contribution < 1.29 is 61.9 Å². The second-order valence-corrected chi connectivity index (χ2v) is 17.6. The van der Waals surface area contributed by atoms with Gasteiger partial charge in [0.25, 0.3) is 0 Å². The SMILES string of the molecule is COc1ccc(C(=O)c2cc(Oc3ccc(C(=O)c4cc(OC)cc(C(=O)c5ccc(Oc6cc(C(=O)c7ccc(OC)cc7)cc(C(=O)c7ccc(OC)cc7)c6)cc5)c4)cc3)cc(C(=O)c3ccc(OC)cc3)c2)cc1. The summed E-state index contributed by atoms with van der Waals surface area (Å²) < 4.78 is 39.0. The maximum absolute atomic E-state index is 14.1. The molecule has 9 aromatic carbocycles. The van der Waals surface area contributed by atoms with Crippen LogP contribution in [0.3, 0.4) is 0 Å². The lowest BCUT2D eigenvalue weighted by atomic mass is 9.96. The molecule has 0 aliphatic carbocycles. The van der Waals surface area contributed by atoms with Crippen molar-refractivity contribution in [1.29, 1.82) is 0 Å². The van der Waals surface area contributed by atoms with Gasteiger partial charge in [-0.1, -0.05) is 0 Å². The molecule has 78 heavy (non-hydrogen) atoms. The van der Waals surface area contributed by atoms with Gasteiger partial charge in [0.2, 0.25) is 0 Å². The van der Waals surface area contributed by atoms with Crippen LogP contribution < -0.4 is 33.2 Å². The van der Waals surface area contributed by atoms with Crippen LogP contribution >= 0.6 is 0 Å². The predicted molar refractivity (Wildman–Crippen MR) is 291 cm³/mol. The molecule has 9 rings (SSSR count). The van der Waals surface area contributed by atoms with Crippen molar-refractivity contribution in [2.24, 2.45) is 0 Å². The highest BCUT2D eigenvalue weighted by molar-refractivity contribution is 6.16. The second-order valence-electron chi connectivity index (χ2n) is 17.6. The zero-order valence-electron chi connectivity index (χ0n) is 42.9. The third-order valence-electron chi connectivity index (χ3n) is 12.6. The number of benzene rings is 9. The summed E-state index contributed by atoms with van der Waals surface area (Å²) >= 11 is 0. The molecule has 0 aliphatic rings. The Hall–Kier alpha value is -10.4. The normalized spacial score (nSPS) is 10.7. The fraction of sp³-hybridized carbons (Fsp3) is 0.0769. The average Bonchev–Trinajstić information content (AvgIpc) is 3.52. The highest BCUT2D eigenvalue weighted by Gasteiger charge is 2.22. The van der Waals surface area contributed by atoms with Gasteiger partial charge in [0.15, 0.2) is 34.7 Å². The van der Waals surface area contributed by atoms with E-state index in [4.69, 9.17) is 33.2 Å². The van der Waals surface area contributed by atoms with Crippen LogP contribution in [-0.4, -0.2) is 70.2 Å². The van der Waals surface area contributed by atoms with Crippen molar-refractivity contribution >= 4 is 34.7 Å². The molecule has 0 aromatic heterocycles. The maximum atomic E-state index is 14.1. The van der Waals surface area contributed by atoms with Gasteiger partial charge in [0, 0.05) is 66.8 Å². The molecule has 13 nitrogen and oxygen atoms in total. The number of rotatable bonds is 21. The molecule has 0 unspecified atom stereocenters. The molecule has 0 saturated heterocycles.